The molecule has 0 fully saturated rings. The van der Waals surface area contributed by atoms with Crippen molar-refractivity contribution in [1.82, 2.24) is 0 Å². The maximum Gasteiger partial charge on any atom is 0.0462 e. The Balaban J connectivity index is 1.03. The second-order valence-corrected chi connectivity index (χ2v) is 20.8. The molecular formula is C75H54N2. The minimum Gasteiger partial charge on any atom is -0.311 e. The Morgan fingerprint density at radius 1 is 0.234 bits per heavy atom. The molecule has 13 aromatic rings. The van der Waals surface area contributed by atoms with Gasteiger partial charge >= 0.3 is 0 Å². The Bertz CT molecular complexity index is 4220. The van der Waals surface area contributed by atoms with Crippen LogP contribution in [0.15, 0.2) is 291 Å². The highest BCUT2D eigenvalue weighted by Crippen LogP contribution is 2.52. The molecule has 0 unspecified atom stereocenters. The normalized spacial score (nSPS) is 12.4. The van der Waals surface area contributed by atoms with Crippen molar-refractivity contribution >= 4 is 66.4 Å². The largest absolute Gasteiger partial charge is 0.311 e. The van der Waals surface area contributed by atoms with E-state index in [1.54, 1.807) is 0 Å². The van der Waals surface area contributed by atoms with Crippen LogP contribution in [-0.2, 0) is 5.41 Å². The summed E-state index contributed by atoms with van der Waals surface area (Å²) in [5.74, 6) is 0. The molecule has 77 heavy (non-hydrogen) atoms. The molecule has 1 aliphatic carbocycles. The van der Waals surface area contributed by atoms with Gasteiger partial charge in [-0.05, 0) is 190 Å². The van der Waals surface area contributed by atoms with Gasteiger partial charge in [-0.15, -0.1) is 0 Å². The van der Waals surface area contributed by atoms with Gasteiger partial charge in [0.1, 0.15) is 0 Å². The van der Waals surface area contributed by atoms with Gasteiger partial charge in [-0.1, -0.05) is 214 Å². The highest BCUT2D eigenvalue weighted by molar-refractivity contribution is 6.33. The maximum absolute atomic E-state index is 2.47. The predicted molar refractivity (Wildman–Crippen MR) is 328 cm³/mol. The highest BCUT2D eigenvalue weighted by Gasteiger charge is 2.35. The fourth-order valence-corrected chi connectivity index (χ4v) is 12.4. The van der Waals surface area contributed by atoms with Crippen LogP contribution in [0.25, 0.3) is 88.0 Å². The van der Waals surface area contributed by atoms with Crippen LogP contribution in [0.1, 0.15) is 25.0 Å². The third kappa shape index (κ3) is 7.88. The van der Waals surface area contributed by atoms with Crippen LogP contribution in [0.5, 0.6) is 0 Å². The summed E-state index contributed by atoms with van der Waals surface area (Å²) in [6.07, 6.45) is 0. The number of nitrogens with zero attached hydrogens (tertiary/aromatic N) is 2. The summed E-state index contributed by atoms with van der Waals surface area (Å²) >= 11 is 0. The summed E-state index contributed by atoms with van der Waals surface area (Å²) in [4.78, 5) is 4.68. The van der Waals surface area contributed by atoms with E-state index in [2.05, 4.69) is 315 Å². The molecule has 0 aromatic heterocycles. The van der Waals surface area contributed by atoms with Gasteiger partial charge < -0.3 is 9.80 Å². The van der Waals surface area contributed by atoms with Crippen molar-refractivity contribution in [3.63, 3.8) is 0 Å². The third-order valence-electron chi connectivity index (χ3n) is 16.0. The Morgan fingerprint density at radius 2 is 0.636 bits per heavy atom. The van der Waals surface area contributed by atoms with Crippen LogP contribution in [0, 0.1) is 0 Å². The first kappa shape index (κ1) is 45.8. The molecule has 0 aliphatic heterocycles. The van der Waals surface area contributed by atoms with E-state index in [4.69, 9.17) is 0 Å². The average molecular weight is 983 g/mol. The SMILES string of the molecule is CC1(C)c2ccccc2-c2ccc(-c3ccc4c(c3)c3ccccc3c3c(-c5ccc(N(c6ccccc6)c6ccccc6)cc5)cc(-c5ccccc5)c(-c5ccc(N(c6ccccc6)c6ccccc6)cc5)c43)cc21. The van der Waals surface area contributed by atoms with Crippen molar-refractivity contribution in [2.75, 3.05) is 9.80 Å². The van der Waals surface area contributed by atoms with E-state index in [-0.39, 0.29) is 5.41 Å². The Hall–Kier alpha value is -9.76. The first-order valence-corrected chi connectivity index (χ1v) is 26.7. The lowest BCUT2D eigenvalue weighted by Gasteiger charge is -2.26. The zero-order valence-corrected chi connectivity index (χ0v) is 43.1. The van der Waals surface area contributed by atoms with E-state index in [1.807, 2.05) is 0 Å². The molecule has 0 amide bonds. The zero-order valence-electron chi connectivity index (χ0n) is 43.1. The van der Waals surface area contributed by atoms with Crippen molar-refractivity contribution in [1.29, 1.82) is 0 Å². The number of fused-ring (bicyclic) bond motifs is 9. The van der Waals surface area contributed by atoms with Gasteiger partial charge in [0.15, 0.2) is 0 Å². The summed E-state index contributed by atoms with van der Waals surface area (Å²) in [7, 11) is 0. The van der Waals surface area contributed by atoms with Crippen molar-refractivity contribution in [2.24, 2.45) is 0 Å². The summed E-state index contributed by atoms with van der Waals surface area (Å²) in [6.45, 7) is 4.74. The van der Waals surface area contributed by atoms with E-state index in [9.17, 15) is 0 Å². The van der Waals surface area contributed by atoms with Crippen LogP contribution in [-0.4, -0.2) is 0 Å². The summed E-state index contributed by atoms with van der Waals surface area (Å²) < 4.78 is 0. The molecule has 1 aliphatic rings. The zero-order chi connectivity index (χ0) is 51.5. The smallest absolute Gasteiger partial charge is 0.0462 e. The molecule has 364 valence electrons. The Kier molecular flexibility index (Phi) is 11.2. The first-order chi connectivity index (χ1) is 38.0. The standard InChI is InChI=1S/C75H54N2/c1-75(2)70-35-21-20-33-63(70)64-46-40-55(49-71(64)75)54-41-47-66-69(48-54)62-32-18-19-34-65(62)73-68(52-36-42-60(43-37-52)76(56-24-10-4-11-25-56)57-26-12-5-13-27-57)50-67(51-22-8-3-9-23-51)72(74(66)73)53-38-44-61(45-39-53)77(58-28-14-6-15-29-58)59-30-16-7-17-31-59/h3-50H,1-2H3. The average Bonchev–Trinajstić information content (AvgIpc) is 3.91. The fraction of sp³-hybridized carbons (Fsp3) is 0.0400. The summed E-state index contributed by atoms with van der Waals surface area (Å²) in [6, 6.07) is 107. The minimum atomic E-state index is -0.102. The summed E-state index contributed by atoms with van der Waals surface area (Å²) in [5.41, 5.74) is 21.5. The molecule has 0 atom stereocenters. The van der Waals surface area contributed by atoms with Crippen molar-refractivity contribution in [2.45, 2.75) is 19.3 Å². The number of benzene rings is 13. The summed E-state index contributed by atoms with van der Waals surface area (Å²) in [5, 5.41) is 7.39. The van der Waals surface area contributed by atoms with E-state index in [0.29, 0.717) is 0 Å². The first-order valence-electron chi connectivity index (χ1n) is 26.7. The van der Waals surface area contributed by atoms with E-state index >= 15 is 0 Å². The number of rotatable bonds is 10. The van der Waals surface area contributed by atoms with Crippen molar-refractivity contribution in [3.05, 3.63) is 302 Å². The predicted octanol–water partition coefficient (Wildman–Crippen LogP) is 21.1. The molecule has 0 spiro atoms. The lowest BCUT2D eigenvalue weighted by Crippen LogP contribution is -2.14. The van der Waals surface area contributed by atoms with E-state index in [0.717, 1.165) is 45.3 Å². The second kappa shape index (κ2) is 18.9. The lowest BCUT2D eigenvalue weighted by molar-refractivity contribution is 0.660. The van der Waals surface area contributed by atoms with Gasteiger partial charge in [0, 0.05) is 39.5 Å². The molecule has 0 saturated heterocycles. The highest BCUT2D eigenvalue weighted by atomic mass is 15.1. The molecule has 0 bridgehead atoms. The monoisotopic (exact) mass is 982 g/mol. The second-order valence-electron chi connectivity index (χ2n) is 20.8. The number of hydrogen-bond donors (Lipinski definition) is 0. The van der Waals surface area contributed by atoms with Gasteiger partial charge in [0.05, 0.1) is 0 Å². The number of anilines is 6. The number of para-hydroxylation sites is 4. The minimum absolute atomic E-state index is 0.102. The van der Waals surface area contributed by atoms with Crippen molar-refractivity contribution in [3.8, 4) is 55.6 Å². The molecule has 0 saturated carbocycles. The molecule has 0 N–H and O–H groups in total. The van der Waals surface area contributed by atoms with Crippen LogP contribution in [0.4, 0.5) is 34.1 Å². The van der Waals surface area contributed by atoms with Crippen LogP contribution < -0.4 is 9.80 Å². The molecule has 0 heterocycles. The Morgan fingerprint density at radius 3 is 1.21 bits per heavy atom. The van der Waals surface area contributed by atoms with Crippen LogP contribution in [0.3, 0.4) is 0 Å². The van der Waals surface area contributed by atoms with Gasteiger partial charge in [0.25, 0.3) is 0 Å². The third-order valence-corrected chi connectivity index (χ3v) is 16.0. The molecule has 13 aromatic carbocycles. The van der Waals surface area contributed by atoms with Crippen molar-refractivity contribution < 1.29 is 0 Å². The Labute approximate surface area is 451 Å². The van der Waals surface area contributed by atoms with Gasteiger partial charge in [-0.25, -0.2) is 0 Å². The van der Waals surface area contributed by atoms with E-state index in [1.165, 1.54) is 88.0 Å². The molecule has 2 heteroatoms. The molecule has 0 radical (unpaired) electrons. The fourth-order valence-electron chi connectivity index (χ4n) is 12.4. The maximum atomic E-state index is 2.47. The molecular weight excluding hydrogens is 929 g/mol. The van der Waals surface area contributed by atoms with Gasteiger partial charge in [-0.3, -0.25) is 0 Å². The van der Waals surface area contributed by atoms with E-state index < -0.39 is 0 Å². The number of hydrogen-bond acceptors (Lipinski definition) is 2. The topological polar surface area (TPSA) is 6.48 Å². The van der Waals surface area contributed by atoms with Gasteiger partial charge in [-0.2, -0.15) is 0 Å². The van der Waals surface area contributed by atoms with Crippen LogP contribution in [0.2, 0.25) is 0 Å². The molecule has 2 nitrogen and oxygen atoms in total. The molecule has 14 rings (SSSR count). The van der Waals surface area contributed by atoms with Crippen LogP contribution >= 0.6 is 0 Å². The quantitative estimate of drug-likeness (QED) is 0.126. The lowest BCUT2D eigenvalue weighted by atomic mass is 9.80. The van der Waals surface area contributed by atoms with Gasteiger partial charge in [0.2, 0.25) is 0 Å².